The van der Waals surface area contributed by atoms with Crippen LogP contribution >= 0.6 is 0 Å². The summed E-state index contributed by atoms with van der Waals surface area (Å²) in [7, 11) is 0. The van der Waals surface area contributed by atoms with Crippen LogP contribution in [0.3, 0.4) is 0 Å². The second-order valence-electron chi connectivity index (χ2n) is 5.11. The number of anilines is 1. The molecule has 1 aromatic rings. The monoisotopic (exact) mass is 282 g/mol. The van der Waals surface area contributed by atoms with Crippen LogP contribution < -0.4 is 5.32 Å². The zero-order chi connectivity index (χ0) is 14.5. The first-order chi connectivity index (χ1) is 9.63. The van der Waals surface area contributed by atoms with Gasteiger partial charge in [-0.15, -0.1) is 0 Å². The molecule has 20 heavy (non-hydrogen) atoms. The van der Waals surface area contributed by atoms with Crippen LogP contribution in [0.4, 0.5) is 11.5 Å². The van der Waals surface area contributed by atoms with Gasteiger partial charge in [0, 0.05) is 19.7 Å². The van der Waals surface area contributed by atoms with E-state index in [1.807, 2.05) is 6.92 Å². The topological polar surface area (TPSA) is 82.2 Å². The van der Waals surface area contributed by atoms with Crippen molar-refractivity contribution in [3.63, 3.8) is 0 Å². The number of nitrogens with one attached hydrogen (secondary N) is 1. The number of aromatic nitrogens is 2. The average molecular weight is 282 g/mol. The van der Waals surface area contributed by atoms with E-state index in [-0.39, 0.29) is 16.7 Å². The first-order valence-electron chi connectivity index (χ1n) is 7.20. The number of hydrogen-bond acceptors (Lipinski definition) is 5. The number of rotatable bonds is 7. The Kier molecular flexibility index (Phi) is 4.94. The average Bonchev–Trinajstić information content (AvgIpc) is 2.99. The predicted octanol–water partition coefficient (Wildman–Crippen LogP) is 2.49. The Morgan fingerprint density at radius 3 is 3.00 bits per heavy atom. The van der Waals surface area contributed by atoms with Crippen molar-refractivity contribution in [3.05, 3.63) is 15.8 Å². The fourth-order valence-electron chi connectivity index (χ4n) is 2.56. The molecule has 0 spiro atoms. The lowest BCUT2D eigenvalue weighted by Gasteiger charge is -2.11. The van der Waals surface area contributed by atoms with Gasteiger partial charge in [0.25, 0.3) is 0 Å². The van der Waals surface area contributed by atoms with Gasteiger partial charge in [-0.1, -0.05) is 6.92 Å². The van der Waals surface area contributed by atoms with Crippen LogP contribution in [-0.4, -0.2) is 34.0 Å². The molecule has 112 valence electrons. The summed E-state index contributed by atoms with van der Waals surface area (Å²) in [6, 6.07) is 0. The molecule has 1 unspecified atom stereocenters. The van der Waals surface area contributed by atoms with Gasteiger partial charge in [-0.05, 0) is 32.6 Å². The predicted molar refractivity (Wildman–Crippen MR) is 76.0 cm³/mol. The summed E-state index contributed by atoms with van der Waals surface area (Å²) in [4.78, 5) is 10.8. The smallest absolute Gasteiger partial charge is 0.333 e. The summed E-state index contributed by atoms with van der Waals surface area (Å²) >= 11 is 0. The Hall–Kier alpha value is -1.63. The number of nitro groups is 1. The van der Waals surface area contributed by atoms with Gasteiger partial charge < -0.3 is 10.1 Å². The molecule has 0 radical (unpaired) electrons. The van der Waals surface area contributed by atoms with E-state index in [4.69, 9.17) is 4.74 Å². The van der Waals surface area contributed by atoms with E-state index in [0.717, 1.165) is 32.3 Å². The molecule has 1 fully saturated rings. The molecule has 2 heterocycles. The van der Waals surface area contributed by atoms with E-state index < -0.39 is 0 Å². The molecule has 0 amide bonds. The summed E-state index contributed by atoms with van der Waals surface area (Å²) in [5.74, 6) is 0.521. The normalized spacial score (nSPS) is 18.4. The molecule has 1 saturated heterocycles. The number of hydrogen-bond donors (Lipinski definition) is 1. The summed E-state index contributed by atoms with van der Waals surface area (Å²) in [6.45, 7) is 5.88. The minimum Gasteiger partial charge on any atom is -0.378 e. The van der Waals surface area contributed by atoms with Gasteiger partial charge in [0.1, 0.15) is 5.69 Å². The standard InChI is InChI=1S/C13H22N4O3/c1-3-8-16-13(12(17(18)19)10(2)15-16)14-7-6-11-5-4-9-20-11/h11,14H,3-9H2,1-2H3. The maximum absolute atomic E-state index is 11.2. The number of aryl methyl sites for hydroxylation is 2. The molecule has 1 atom stereocenters. The van der Waals surface area contributed by atoms with Crippen molar-refractivity contribution in [2.75, 3.05) is 18.5 Å². The fraction of sp³-hybridized carbons (Fsp3) is 0.769. The number of ether oxygens (including phenoxy) is 1. The molecule has 1 N–H and O–H groups in total. The first kappa shape index (κ1) is 14.8. The SMILES string of the molecule is CCCn1nc(C)c([N+](=O)[O-])c1NCCC1CCCO1. The number of nitrogens with zero attached hydrogens (tertiary/aromatic N) is 3. The second kappa shape index (κ2) is 6.69. The van der Waals surface area contributed by atoms with Gasteiger partial charge in [0.2, 0.25) is 5.82 Å². The van der Waals surface area contributed by atoms with E-state index in [0.29, 0.717) is 24.6 Å². The lowest BCUT2D eigenvalue weighted by molar-refractivity contribution is -0.384. The van der Waals surface area contributed by atoms with E-state index in [9.17, 15) is 10.1 Å². The largest absolute Gasteiger partial charge is 0.378 e. The Morgan fingerprint density at radius 2 is 2.40 bits per heavy atom. The molecule has 1 aliphatic rings. The molecule has 1 aliphatic heterocycles. The molecule has 1 aromatic heterocycles. The first-order valence-corrected chi connectivity index (χ1v) is 7.20. The van der Waals surface area contributed by atoms with Crippen LogP contribution in [0.15, 0.2) is 0 Å². The maximum atomic E-state index is 11.2. The highest BCUT2D eigenvalue weighted by molar-refractivity contribution is 5.59. The summed E-state index contributed by atoms with van der Waals surface area (Å²) < 4.78 is 7.25. The molecule has 0 aromatic carbocycles. The Labute approximate surface area is 118 Å². The minimum absolute atomic E-state index is 0.0887. The van der Waals surface area contributed by atoms with Gasteiger partial charge in [-0.2, -0.15) is 5.10 Å². The molecular formula is C13H22N4O3. The van der Waals surface area contributed by atoms with Crippen molar-refractivity contribution >= 4 is 11.5 Å². The van der Waals surface area contributed by atoms with Gasteiger partial charge >= 0.3 is 5.69 Å². The lowest BCUT2D eigenvalue weighted by Crippen LogP contribution is -2.15. The Morgan fingerprint density at radius 1 is 1.60 bits per heavy atom. The van der Waals surface area contributed by atoms with Crippen molar-refractivity contribution in [3.8, 4) is 0 Å². The zero-order valence-electron chi connectivity index (χ0n) is 12.1. The third-order valence-electron chi connectivity index (χ3n) is 3.50. The van der Waals surface area contributed by atoms with E-state index >= 15 is 0 Å². The Balaban J connectivity index is 2.04. The van der Waals surface area contributed by atoms with E-state index in [1.165, 1.54) is 0 Å². The van der Waals surface area contributed by atoms with Crippen LogP contribution in [0, 0.1) is 17.0 Å². The van der Waals surface area contributed by atoms with Gasteiger partial charge in [0.05, 0.1) is 11.0 Å². The van der Waals surface area contributed by atoms with Crippen molar-refractivity contribution in [2.24, 2.45) is 0 Å². The quantitative estimate of drug-likeness (QED) is 0.613. The molecule has 0 aliphatic carbocycles. The molecule has 0 bridgehead atoms. The van der Waals surface area contributed by atoms with Crippen LogP contribution in [0.1, 0.15) is 38.3 Å². The fourth-order valence-corrected chi connectivity index (χ4v) is 2.56. The maximum Gasteiger partial charge on any atom is 0.333 e. The van der Waals surface area contributed by atoms with Crippen LogP contribution in [0.2, 0.25) is 0 Å². The van der Waals surface area contributed by atoms with E-state index in [2.05, 4.69) is 10.4 Å². The molecular weight excluding hydrogens is 260 g/mol. The zero-order valence-corrected chi connectivity index (χ0v) is 12.1. The highest BCUT2D eigenvalue weighted by Crippen LogP contribution is 2.28. The summed E-state index contributed by atoms with van der Waals surface area (Å²) in [5.41, 5.74) is 0.550. The van der Waals surface area contributed by atoms with Crippen LogP contribution in [0.5, 0.6) is 0 Å². The molecule has 7 nitrogen and oxygen atoms in total. The molecule has 0 saturated carbocycles. The van der Waals surface area contributed by atoms with Crippen molar-refractivity contribution in [1.29, 1.82) is 0 Å². The minimum atomic E-state index is -0.358. The molecule has 7 heteroatoms. The highest BCUT2D eigenvalue weighted by Gasteiger charge is 2.25. The van der Waals surface area contributed by atoms with Gasteiger partial charge in [-0.25, -0.2) is 4.68 Å². The van der Waals surface area contributed by atoms with Crippen LogP contribution in [-0.2, 0) is 11.3 Å². The lowest BCUT2D eigenvalue weighted by atomic mass is 10.2. The summed E-state index contributed by atoms with van der Waals surface area (Å²) in [5, 5.41) is 18.6. The van der Waals surface area contributed by atoms with Gasteiger partial charge in [-0.3, -0.25) is 10.1 Å². The van der Waals surface area contributed by atoms with Crippen molar-refractivity contribution in [1.82, 2.24) is 9.78 Å². The highest BCUT2D eigenvalue weighted by atomic mass is 16.6. The third-order valence-corrected chi connectivity index (χ3v) is 3.50. The second-order valence-corrected chi connectivity index (χ2v) is 5.11. The third kappa shape index (κ3) is 3.27. The van der Waals surface area contributed by atoms with Crippen molar-refractivity contribution in [2.45, 2.75) is 52.2 Å². The van der Waals surface area contributed by atoms with Crippen molar-refractivity contribution < 1.29 is 9.66 Å². The van der Waals surface area contributed by atoms with E-state index in [1.54, 1.807) is 11.6 Å². The Bertz CT molecular complexity index is 466. The van der Waals surface area contributed by atoms with Crippen LogP contribution in [0.25, 0.3) is 0 Å². The van der Waals surface area contributed by atoms with Gasteiger partial charge in [0.15, 0.2) is 0 Å². The molecule has 2 rings (SSSR count). The summed E-state index contributed by atoms with van der Waals surface area (Å²) in [6.07, 6.45) is 4.23.